The maximum Gasteiger partial charge on any atom is 0.241 e. The van der Waals surface area contributed by atoms with Crippen LogP contribution >= 0.6 is 36.6 Å². The molecule has 0 radical (unpaired) electrons. The van der Waals surface area contributed by atoms with E-state index in [0.717, 1.165) is 16.3 Å². The Morgan fingerprint density at radius 1 is 1.21 bits per heavy atom. The van der Waals surface area contributed by atoms with Gasteiger partial charge in [0, 0.05) is 28.7 Å². The van der Waals surface area contributed by atoms with Crippen molar-refractivity contribution < 1.29 is 4.79 Å². The SMILES string of the molecule is CC(C)C(N)C(=O)Nc1ccc(SCc2cccnc2)cc1.Cl.Cl. The highest BCUT2D eigenvalue weighted by Crippen LogP contribution is 2.24. The van der Waals surface area contributed by atoms with Gasteiger partial charge in [-0.1, -0.05) is 19.9 Å². The minimum atomic E-state index is -0.486. The van der Waals surface area contributed by atoms with Crippen LogP contribution in [0.3, 0.4) is 0 Å². The summed E-state index contributed by atoms with van der Waals surface area (Å²) in [6.07, 6.45) is 3.64. The summed E-state index contributed by atoms with van der Waals surface area (Å²) in [7, 11) is 0. The third kappa shape index (κ3) is 7.09. The molecule has 24 heavy (non-hydrogen) atoms. The Hall–Kier alpha value is -1.27. The number of carbonyl (C=O) groups is 1. The van der Waals surface area contributed by atoms with Crippen LogP contribution in [-0.2, 0) is 10.5 Å². The van der Waals surface area contributed by atoms with Gasteiger partial charge in [0.1, 0.15) is 0 Å². The fourth-order valence-corrected chi connectivity index (χ4v) is 2.65. The molecule has 2 rings (SSSR count). The van der Waals surface area contributed by atoms with Crippen molar-refractivity contribution in [3.63, 3.8) is 0 Å². The molecule has 4 nitrogen and oxygen atoms in total. The predicted molar refractivity (Wildman–Crippen MR) is 106 cm³/mol. The summed E-state index contributed by atoms with van der Waals surface area (Å²) in [5.74, 6) is 0.845. The van der Waals surface area contributed by atoms with Gasteiger partial charge in [-0.05, 0) is 41.8 Å². The largest absolute Gasteiger partial charge is 0.325 e. The topological polar surface area (TPSA) is 68.0 Å². The molecule has 1 unspecified atom stereocenters. The first-order valence-corrected chi connectivity index (χ1v) is 8.23. The first-order valence-electron chi connectivity index (χ1n) is 7.24. The zero-order valence-corrected chi connectivity index (χ0v) is 16.1. The molecule has 1 aromatic heterocycles. The third-order valence-electron chi connectivity index (χ3n) is 3.27. The number of carbonyl (C=O) groups excluding carboxylic acids is 1. The van der Waals surface area contributed by atoms with Crippen LogP contribution in [0.1, 0.15) is 19.4 Å². The molecule has 0 aliphatic rings. The van der Waals surface area contributed by atoms with E-state index in [2.05, 4.69) is 16.4 Å². The van der Waals surface area contributed by atoms with Crippen molar-refractivity contribution in [3.8, 4) is 0 Å². The van der Waals surface area contributed by atoms with Crippen LogP contribution in [0.5, 0.6) is 0 Å². The fraction of sp³-hybridized carbons (Fsp3) is 0.294. The first-order chi connectivity index (χ1) is 10.6. The van der Waals surface area contributed by atoms with E-state index < -0.39 is 6.04 Å². The monoisotopic (exact) mass is 387 g/mol. The van der Waals surface area contributed by atoms with Gasteiger partial charge >= 0.3 is 0 Å². The zero-order valence-electron chi connectivity index (χ0n) is 13.6. The van der Waals surface area contributed by atoms with Crippen molar-refractivity contribution >= 4 is 48.2 Å². The molecule has 1 amide bonds. The Morgan fingerprint density at radius 3 is 2.42 bits per heavy atom. The number of rotatable bonds is 6. The van der Waals surface area contributed by atoms with Gasteiger partial charge in [0.05, 0.1) is 6.04 Å². The summed E-state index contributed by atoms with van der Waals surface area (Å²) in [4.78, 5) is 17.2. The summed E-state index contributed by atoms with van der Waals surface area (Å²) in [5.41, 5.74) is 7.79. The molecule has 0 saturated carbocycles. The molecule has 0 bridgehead atoms. The van der Waals surface area contributed by atoms with Crippen molar-refractivity contribution in [1.82, 2.24) is 4.98 Å². The summed E-state index contributed by atoms with van der Waals surface area (Å²) in [6.45, 7) is 3.87. The molecule has 132 valence electrons. The lowest BCUT2D eigenvalue weighted by Crippen LogP contribution is -2.39. The maximum absolute atomic E-state index is 11.9. The van der Waals surface area contributed by atoms with Gasteiger partial charge in [-0.3, -0.25) is 9.78 Å². The number of hydrogen-bond acceptors (Lipinski definition) is 4. The van der Waals surface area contributed by atoms with Gasteiger partial charge < -0.3 is 11.1 Å². The molecule has 3 N–H and O–H groups in total. The molecular formula is C17H23Cl2N3OS. The standard InChI is InChI=1S/C17H21N3OS.2ClH/c1-12(2)16(18)17(21)20-14-5-7-15(8-6-14)22-11-13-4-3-9-19-10-13;;/h3-10,12,16H,11,18H2,1-2H3,(H,20,21);2*1H. The minimum Gasteiger partial charge on any atom is -0.325 e. The predicted octanol–water partition coefficient (Wildman–Crippen LogP) is 4.14. The summed E-state index contributed by atoms with van der Waals surface area (Å²) in [5, 5.41) is 2.84. The molecule has 1 heterocycles. The molecule has 0 saturated heterocycles. The summed E-state index contributed by atoms with van der Waals surface area (Å²) < 4.78 is 0. The van der Waals surface area contributed by atoms with Crippen LogP contribution in [0.25, 0.3) is 0 Å². The minimum absolute atomic E-state index is 0. The number of anilines is 1. The normalized spacial score (nSPS) is 11.2. The molecular weight excluding hydrogens is 365 g/mol. The molecule has 0 aliphatic heterocycles. The van der Waals surface area contributed by atoms with E-state index in [1.807, 2.05) is 50.4 Å². The highest BCUT2D eigenvalue weighted by atomic mass is 35.5. The van der Waals surface area contributed by atoms with Crippen LogP contribution in [-0.4, -0.2) is 16.9 Å². The van der Waals surface area contributed by atoms with E-state index in [-0.39, 0.29) is 36.6 Å². The van der Waals surface area contributed by atoms with E-state index in [1.165, 1.54) is 5.56 Å². The van der Waals surface area contributed by atoms with E-state index in [0.29, 0.717) is 0 Å². The quantitative estimate of drug-likeness (QED) is 0.730. The Labute approximate surface area is 159 Å². The number of benzene rings is 1. The van der Waals surface area contributed by atoms with Crippen molar-refractivity contribution in [1.29, 1.82) is 0 Å². The molecule has 1 atom stereocenters. The number of halogens is 2. The number of nitrogens with two attached hydrogens (primary N) is 1. The molecule has 1 aromatic carbocycles. The maximum atomic E-state index is 11.9. The van der Waals surface area contributed by atoms with Gasteiger partial charge in [-0.2, -0.15) is 0 Å². The summed E-state index contributed by atoms with van der Waals surface area (Å²) in [6, 6.07) is 11.3. The van der Waals surface area contributed by atoms with Crippen LogP contribution in [0.4, 0.5) is 5.69 Å². The van der Waals surface area contributed by atoms with Crippen LogP contribution < -0.4 is 11.1 Å². The molecule has 0 spiro atoms. The van der Waals surface area contributed by atoms with E-state index in [4.69, 9.17) is 5.73 Å². The fourth-order valence-electron chi connectivity index (χ4n) is 1.81. The van der Waals surface area contributed by atoms with E-state index in [9.17, 15) is 4.79 Å². The number of nitrogens with zero attached hydrogens (tertiary/aromatic N) is 1. The Balaban J connectivity index is 0.00000264. The van der Waals surface area contributed by atoms with Crippen LogP contribution in [0, 0.1) is 5.92 Å². The first kappa shape index (κ1) is 22.7. The van der Waals surface area contributed by atoms with Crippen molar-refractivity contribution in [3.05, 3.63) is 54.4 Å². The highest BCUT2D eigenvalue weighted by Gasteiger charge is 2.16. The Morgan fingerprint density at radius 2 is 1.88 bits per heavy atom. The average molecular weight is 388 g/mol. The molecule has 0 aliphatic carbocycles. The van der Waals surface area contributed by atoms with Gasteiger partial charge in [-0.25, -0.2) is 0 Å². The molecule has 2 aromatic rings. The Kier molecular flexibility index (Phi) is 10.7. The van der Waals surface area contributed by atoms with Crippen molar-refractivity contribution in [2.45, 2.75) is 30.5 Å². The second-order valence-electron chi connectivity index (χ2n) is 5.43. The number of nitrogens with one attached hydrogen (secondary N) is 1. The van der Waals surface area contributed by atoms with Crippen LogP contribution in [0.15, 0.2) is 53.7 Å². The van der Waals surface area contributed by atoms with Gasteiger partial charge in [0.25, 0.3) is 0 Å². The lowest BCUT2D eigenvalue weighted by Gasteiger charge is -2.15. The van der Waals surface area contributed by atoms with Gasteiger partial charge in [-0.15, -0.1) is 36.6 Å². The Bertz CT molecular complexity index is 609. The van der Waals surface area contributed by atoms with Crippen LogP contribution in [0.2, 0.25) is 0 Å². The number of pyridine rings is 1. The van der Waals surface area contributed by atoms with E-state index >= 15 is 0 Å². The second-order valence-corrected chi connectivity index (χ2v) is 6.48. The molecule has 7 heteroatoms. The lowest BCUT2D eigenvalue weighted by atomic mass is 10.1. The second kappa shape index (κ2) is 11.3. The van der Waals surface area contributed by atoms with E-state index in [1.54, 1.807) is 18.0 Å². The lowest BCUT2D eigenvalue weighted by molar-refractivity contribution is -0.118. The molecule has 0 fully saturated rings. The highest BCUT2D eigenvalue weighted by molar-refractivity contribution is 7.98. The number of thioether (sulfide) groups is 1. The summed E-state index contributed by atoms with van der Waals surface area (Å²) >= 11 is 1.73. The van der Waals surface area contributed by atoms with Crippen molar-refractivity contribution in [2.75, 3.05) is 5.32 Å². The number of aromatic nitrogens is 1. The number of hydrogen-bond donors (Lipinski definition) is 2. The smallest absolute Gasteiger partial charge is 0.241 e. The van der Waals surface area contributed by atoms with Gasteiger partial charge in [0.2, 0.25) is 5.91 Å². The third-order valence-corrected chi connectivity index (χ3v) is 4.35. The van der Waals surface area contributed by atoms with Gasteiger partial charge in [0.15, 0.2) is 0 Å². The number of amides is 1. The zero-order chi connectivity index (χ0) is 15.9. The average Bonchev–Trinajstić information content (AvgIpc) is 2.54. The van der Waals surface area contributed by atoms with Crippen molar-refractivity contribution in [2.24, 2.45) is 11.7 Å².